The fourth-order valence-electron chi connectivity index (χ4n) is 1.95. The second-order valence-corrected chi connectivity index (χ2v) is 4.35. The molecule has 0 fully saturated rings. The van der Waals surface area contributed by atoms with E-state index >= 15 is 0 Å². The molecule has 1 aromatic carbocycles. The number of aromatic nitrogens is 2. The highest BCUT2D eigenvalue weighted by molar-refractivity contribution is 5.46. The van der Waals surface area contributed by atoms with Gasteiger partial charge in [0.25, 0.3) is 0 Å². The van der Waals surface area contributed by atoms with E-state index in [1.54, 1.807) is 24.3 Å². The molecule has 20 heavy (non-hydrogen) atoms. The molecule has 0 bridgehead atoms. The first-order chi connectivity index (χ1) is 9.41. The molecule has 0 atom stereocenters. The van der Waals surface area contributed by atoms with E-state index in [1.165, 1.54) is 13.2 Å². The lowest BCUT2D eigenvalue weighted by Gasteiger charge is -2.11. The summed E-state index contributed by atoms with van der Waals surface area (Å²) in [6.45, 7) is -0.103. The summed E-state index contributed by atoms with van der Waals surface area (Å²) in [5.74, 6) is 0. The molecule has 2 aromatic rings. The molecule has 108 valence electrons. The van der Waals surface area contributed by atoms with E-state index in [2.05, 4.69) is 10.4 Å². The highest BCUT2D eigenvalue weighted by Crippen LogP contribution is 2.31. The van der Waals surface area contributed by atoms with Gasteiger partial charge < -0.3 is 10.4 Å². The summed E-state index contributed by atoms with van der Waals surface area (Å²) in [5.41, 5.74) is 0.656. The highest BCUT2D eigenvalue weighted by atomic mass is 19.4. The van der Waals surface area contributed by atoms with E-state index in [9.17, 15) is 13.2 Å². The molecule has 2 rings (SSSR count). The lowest BCUT2D eigenvalue weighted by atomic mass is 10.2. The van der Waals surface area contributed by atoms with E-state index in [1.807, 2.05) is 0 Å². The van der Waals surface area contributed by atoms with Gasteiger partial charge in [0.1, 0.15) is 5.69 Å². The standard InChI is InChI=1S/C13H14F3N3O/c1-19-12(13(14,15)16)10(7-18-19)6-17-11-4-2-3-9(5-11)8-20/h2-5,7,17,20H,6,8H2,1H3. The molecule has 0 spiro atoms. The third kappa shape index (κ3) is 3.11. The van der Waals surface area contributed by atoms with Gasteiger partial charge in [0.05, 0.1) is 12.8 Å². The molecule has 7 heteroatoms. The minimum Gasteiger partial charge on any atom is -0.392 e. The Morgan fingerprint density at radius 2 is 2.10 bits per heavy atom. The second-order valence-electron chi connectivity index (χ2n) is 4.35. The molecule has 0 saturated carbocycles. The van der Waals surface area contributed by atoms with Gasteiger partial charge in [0.2, 0.25) is 0 Å². The predicted octanol–water partition coefficient (Wildman–Crippen LogP) is 2.54. The topological polar surface area (TPSA) is 50.1 Å². The van der Waals surface area contributed by atoms with Crippen molar-refractivity contribution in [3.63, 3.8) is 0 Å². The van der Waals surface area contributed by atoms with Gasteiger partial charge in [-0.3, -0.25) is 4.68 Å². The first-order valence-electron chi connectivity index (χ1n) is 5.93. The minimum absolute atomic E-state index is 0.0115. The number of nitrogens with one attached hydrogen (secondary N) is 1. The van der Waals surface area contributed by atoms with Crippen molar-refractivity contribution >= 4 is 5.69 Å². The van der Waals surface area contributed by atoms with Crippen molar-refractivity contribution in [1.82, 2.24) is 9.78 Å². The summed E-state index contributed by atoms with van der Waals surface area (Å²) in [4.78, 5) is 0. The van der Waals surface area contributed by atoms with E-state index < -0.39 is 11.9 Å². The zero-order valence-electron chi connectivity index (χ0n) is 10.8. The van der Waals surface area contributed by atoms with Crippen LogP contribution in [0, 0.1) is 0 Å². The fraction of sp³-hybridized carbons (Fsp3) is 0.308. The normalized spacial score (nSPS) is 11.7. The Labute approximate surface area is 113 Å². The first kappa shape index (κ1) is 14.4. The second kappa shape index (κ2) is 5.54. The number of hydrogen-bond acceptors (Lipinski definition) is 3. The summed E-state index contributed by atoms with van der Waals surface area (Å²) in [6, 6.07) is 6.87. The van der Waals surface area contributed by atoms with Crippen LogP contribution in [0.1, 0.15) is 16.8 Å². The van der Waals surface area contributed by atoms with Crippen molar-refractivity contribution in [2.75, 3.05) is 5.32 Å². The molecule has 0 saturated heterocycles. The summed E-state index contributed by atoms with van der Waals surface area (Å²) in [6.07, 6.45) is -3.24. The molecule has 0 aliphatic heterocycles. The molecular formula is C13H14F3N3O. The van der Waals surface area contributed by atoms with Crippen LogP contribution in [0.3, 0.4) is 0 Å². The average Bonchev–Trinajstić information content (AvgIpc) is 2.77. The quantitative estimate of drug-likeness (QED) is 0.907. The first-order valence-corrected chi connectivity index (χ1v) is 5.93. The molecular weight excluding hydrogens is 271 g/mol. The van der Waals surface area contributed by atoms with E-state index in [-0.39, 0.29) is 18.7 Å². The smallest absolute Gasteiger partial charge is 0.392 e. The molecule has 4 nitrogen and oxygen atoms in total. The van der Waals surface area contributed by atoms with E-state index in [0.717, 1.165) is 4.68 Å². The van der Waals surface area contributed by atoms with Crippen LogP contribution in [-0.4, -0.2) is 14.9 Å². The number of anilines is 1. The zero-order chi connectivity index (χ0) is 14.8. The molecule has 0 aliphatic carbocycles. The number of aliphatic hydroxyl groups is 1. The van der Waals surface area contributed by atoms with Crippen LogP contribution in [0.5, 0.6) is 0 Å². The van der Waals surface area contributed by atoms with Gasteiger partial charge in [-0.25, -0.2) is 0 Å². The molecule has 0 aliphatic rings. The van der Waals surface area contributed by atoms with Gasteiger partial charge in [0.15, 0.2) is 0 Å². The highest BCUT2D eigenvalue weighted by Gasteiger charge is 2.37. The number of nitrogens with zero attached hydrogens (tertiary/aromatic N) is 2. The minimum atomic E-state index is -4.44. The Morgan fingerprint density at radius 1 is 1.35 bits per heavy atom. The summed E-state index contributed by atoms with van der Waals surface area (Å²) >= 11 is 0. The number of halogens is 3. The average molecular weight is 285 g/mol. The van der Waals surface area contributed by atoms with Crippen molar-refractivity contribution in [2.24, 2.45) is 7.05 Å². The van der Waals surface area contributed by atoms with Crippen LogP contribution < -0.4 is 5.32 Å². The van der Waals surface area contributed by atoms with Gasteiger partial charge >= 0.3 is 6.18 Å². The number of aryl methyl sites for hydroxylation is 1. The van der Waals surface area contributed by atoms with Crippen molar-refractivity contribution in [1.29, 1.82) is 0 Å². The number of alkyl halides is 3. The van der Waals surface area contributed by atoms with Crippen LogP contribution in [0.2, 0.25) is 0 Å². The van der Waals surface area contributed by atoms with Crippen molar-refractivity contribution < 1.29 is 18.3 Å². The maximum absolute atomic E-state index is 12.9. The Hall–Kier alpha value is -2.02. The summed E-state index contributed by atoms with van der Waals surface area (Å²) in [7, 11) is 1.26. The van der Waals surface area contributed by atoms with Crippen molar-refractivity contribution in [3.05, 3.63) is 47.3 Å². The SMILES string of the molecule is Cn1ncc(CNc2cccc(CO)c2)c1C(F)(F)F. The predicted molar refractivity (Wildman–Crippen MR) is 67.9 cm³/mol. The summed E-state index contributed by atoms with van der Waals surface area (Å²) in [5, 5.41) is 15.6. The van der Waals surface area contributed by atoms with Crippen LogP contribution >= 0.6 is 0 Å². The van der Waals surface area contributed by atoms with Crippen molar-refractivity contribution in [3.8, 4) is 0 Å². The lowest BCUT2D eigenvalue weighted by molar-refractivity contribution is -0.144. The zero-order valence-corrected chi connectivity index (χ0v) is 10.8. The maximum Gasteiger partial charge on any atom is 0.433 e. The fourth-order valence-corrected chi connectivity index (χ4v) is 1.95. The van der Waals surface area contributed by atoms with E-state index in [4.69, 9.17) is 5.11 Å². The number of aliphatic hydroxyl groups excluding tert-OH is 1. The van der Waals surface area contributed by atoms with Gasteiger partial charge in [-0.1, -0.05) is 12.1 Å². The van der Waals surface area contributed by atoms with Gasteiger partial charge in [-0.2, -0.15) is 18.3 Å². The Bertz CT molecular complexity index is 593. The number of hydrogen-bond donors (Lipinski definition) is 2. The van der Waals surface area contributed by atoms with Crippen LogP contribution in [0.4, 0.5) is 18.9 Å². The van der Waals surface area contributed by atoms with Crippen LogP contribution in [0.15, 0.2) is 30.5 Å². The Morgan fingerprint density at radius 3 is 2.75 bits per heavy atom. The monoisotopic (exact) mass is 285 g/mol. The number of benzene rings is 1. The molecule has 0 amide bonds. The largest absolute Gasteiger partial charge is 0.433 e. The summed E-state index contributed by atoms with van der Waals surface area (Å²) < 4.78 is 39.4. The molecule has 1 heterocycles. The molecule has 0 unspecified atom stereocenters. The van der Waals surface area contributed by atoms with Gasteiger partial charge in [-0.05, 0) is 17.7 Å². The maximum atomic E-state index is 12.9. The van der Waals surface area contributed by atoms with Crippen molar-refractivity contribution in [2.45, 2.75) is 19.3 Å². The third-order valence-electron chi connectivity index (χ3n) is 2.88. The molecule has 1 aromatic heterocycles. The third-order valence-corrected chi connectivity index (χ3v) is 2.88. The number of rotatable bonds is 4. The molecule has 0 radical (unpaired) electrons. The Kier molecular flexibility index (Phi) is 3.99. The van der Waals surface area contributed by atoms with Crippen LogP contribution in [0.25, 0.3) is 0 Å². The lowest BCUT2D eigenvalue weighted by Crippen LogP contribution is -2.15. The van der Waals surface area contributed by atoms with Crippen LogP contribution in [-0.2, 0) is 26.4 Å². The molecule has 2 N–H and O–H groups in total. The Balaban J connectivity index is 2.15. The van der Waals surface area contributed by atoms with Gasteiger partial charge in [0, 0.05) is 24.8 Å². The van der Waals surface area contributed by atoms with E-state index in [0.29, 0.717) is 11.3 Å². The van der Waals surface area contributed by atoms with Gasteiger partial charge in [-0.15, -0.1) is 0 Å².